The molecule has 0 saturated carbocycles. The van der Waals surface area contributed by atoms with E-state index in [4.69, 9.17) is 13.9 Å². The van der Waals surface area contributed by atoms with Gasteiger partial charge in [-0.1, -0.05) is 6.07 Å². The Hall–Kier alpha value is -4.60. The molecule has 0 bridgehead atoms. The predicted octanol–water partition coefficient (Wildman–Crippen LogP) is 2.69. The number of nitrogens with zero attached hydrogens (tertiary/aromatic N) is 1. The number of methoxy groups -OCH3 is 1. The second-order valence-corrected chi connectivity index (χ2v) is 7.51. The summed E-state index contributed by atoms with van der Waals surface area (Å²) in [5, 5.41) is 8.98. The van der Waals surface area contributed by atoms with Crippen molar-refractivity contribution in [2.75, 3.05) is 19.0 Å². The van der Waals surface area contributed by atoms with Gasteiger partial charge in [0, 0.05) is 5.69 Å². The average molecular weight is 479 g/mol. The van der Waals surface area contributed by atoms with Crippen LogP contribution in [0.15, 0.2) is 64.3 Å². The fraction of sp³-hybridized carbons (Fsp3) is 0.200. The molecule has 3 aromatic rings. The summed E-state index contributed by atoms with van der Waals surface area (Å²) in [6.07, 6.45) is 2.81. The maximum Gasteiger partial charge on any atom is 0.329 e. The number of benzene rings is 2. The Morgan fingerprint density at radius 3 is 2.54 bits per heavy atom. The predicted molar refractivity (Wildman–Crippen MR) is 129 cm³/mol. The minimum absolute atomic E-state index is 0.0876. The van der Waals surface area contributed by atoms with Crippen LogP contribution < -0.4 is 25.5 Å². The van der Waals surface area contributed by atoms with Crippen LogP contribution in [0, 0.1) is 13.8 Å². The van der Waals surface area contributed by atoms with E-state index in [0.29, 0.717) is 28.5 Å². The fourth-order valence-electron chi connectivity index (χ4n) is 2.92. The molecule has 35 heavy (non-hydrogen) atoms. The zero-order valence-electron chi connectivity index (χ0n) is 19.6. The second kappa shape index (κ2) is 12.0. The summed E-state index contributed by atoms with van der Waals surface area (Å²) >= 11 is 0. The lowest BCUT2D eigenvalue weighted by atomic mass is 10.1. The molecule has 3 N–H and O–H groups in total. The smallest absolute Gasteiger partial charge is 0.329 e. The van der Waals surface area contributed by atoms with Gasteiger partial charge in [0.2, 0.25) is 0 Å². The zero-order chi connectivity index (χ0) is 25.2. The minimum atomic E-state index is -0.922. The summed E-state index contributed by atoms with van der Waals surface area (Å²) in [4.78, 5) is 35.9. The molecule has 10 nitrogen and oxygen atoms in total. The Kier molecular flexibility index (Phi) is 8.60. The standard InChI is InChI=1S/C25H26N4O6/c1-16-6-8-19(11-17(16)2)28-23(30)15-35-21-9-7-18(12-22(21)33-3)13-27-29-25(32)24(31)26-14-20-5-4-10-34-20/h4-13H,14-15H2,1-3H3,(H,26,31)(H,28,30)(H,29,32)/b27-13-. The molecule has 0 unspecified atom stereocenters. The van der Waals surface area contributed by atoms with Gasteiger partial charge in [0.25, 0.3) is 5.91 Å². The van der Waals surface area contributed by atoms with Gasteiger partial charge in [-0.05, 0) is 73.0 Å². The van der Waals surface area contributed by atoms with Crippen LogP contribution in [0.2, 0.25) is 0 Å². The third kappa shape index (κ3) is 7.46. The molecular formula is C25H26N4O6. The molecular weight excluding hydrogens is 452 g/mol. The molecule has 3 amide bonds. The van der Waals surface area contributed by atoms with Gasteiger partial charge < -0.3 is 24.5 Å². The van der Waals surface area contributed by atoms with E-state index in [9.17, 15) is 14.4 Å². The topological polar surface area (TPSA) is 131 Å². The van der Waals surface area contributed by atoms with Gasteiger partial charge in [0.05, 0.1) is 26.1 Å². The van der Waals surface area contributed by atoms with E-state index in [-0.39, 0.29) is 19.1 Å². The van der Waals surface area contributed by atoms with E-state index < -0.39 is 11.8 Å². The summed E-state index contributed by atoms with van der Waals surface area (Å²) in [7, 11) is 1.46. The molecule has 0 radical (unpaired) electrons. The number of furan rings is 1. The van der Waals surface area contributed by atoms with Crippen molar-refractivity contribution in [2.24, 2.45) is 5.10 Å². The zero-order valence-corrected chi connectivity index (χ0v) is 19.6. The van der Waals surface area contributed by atoms with Crippen LogP contribution in [0.5, 0.6) is 11.5 Å². The highest BCUT2D eigenvalue weighted by Gasteiger charge is 2.13. The van der Waals surface area contributed by atoms with Gasteiger partial charge in [-0.2, -0.15) is 5.10 Å². The number of carbonyl (C=O) groups excluding carboxylic acids is 3. The molecule has 0 atom stereocenters. The molecule has 10 heteroatoms. The second-order valence-electron chi connectivity index (χ2n) is 7.51. The van der Waals surface area contributed by atoms with E-state index in [1.807, 2.05) is 32.0 Å². The van der Waals surface area contributed by atoms with Crippen molar-refractivity contribution in [2.45, 2.75) is 20.4 Å². The Balaban J connectivity index is 1.50. The van der Waals surface area contributed by atoms with E-state index in [1.54, 1.807) is 30.3 Å². The van der Waals surface area contributed by atoms with Crippen molar-refractivity contribution in [3.05, 3.63) is 77.2 Å². The van der Waals surface area contributed by atoms with Crippen LogP contribution in [-0.4, -0.2) is 37.7 Å². The first kappa shape index (κ1) is 25.0. The molecule has 0 spiro atoms. The maximum absolute atomic E-state index is 12.2. The largest absolute Gasteiger partial charge is 0.493 e. The highest BCUT2D eigenvalue weighted by atomic mass is 16.5. The van der Waals surface area contributed by atoms with Crippen molar-refractivity contribution in [3.63, 3.8) is 0 Å². The lowest BCUT2D eigenvalue weighted by molar-refractivity contribution is -0.139. The van der Waals surface area contributed by atoms with Gasteiger partial charge in [0.15, 0.2) is 18.1 Å². The lowest BCUT2D eigenvalue weighted by Crippen LogP contribution is -2.37. The number of hydrazone groups is 1. The van der Waals surface area contributed by atoms with Gasteiger partial charge >= 0.3 is 11.8 Å². The third-order valence-electron chi connectivity index (χ3n) is 4.93. The number of rotatable bonds is 9. The maximum atomic E-state index is 12.2. The molecule has 0 saturated heterocycles. The van der Waals surface area contributed by atoms with Crippen molar-refractivity contribution >= 4 is 29.6 Å². The normalized spacial score (nSPS) is 10.6. The molecule has 3 rings (SSSR count). The summed E-state index contributed by atoms with van der Waals surface area (Å²) in [6.45, 7) is 3.85. The van der Waals surface area contributed by atoms with Crippen LogP contribution in [0.3, 0.4) is 0 Å². The first-order valence-corrected chi connectivity index (χ1v) is 10.7. The molecule has 1 heterocycles. The number of aryl methyl sites for hydroxylation is 2. The van der Waals surface area contributed by atoms with Gasteiger partial charge in [-0.25, -0.2) is 5.43 Å². The Morgan fingerprint density at radius 1 is 1.00 bits per heavy atom. The van der Waals surface area contributed by atoms with Crippen LogP contribution in [0.1, 0.15) is 22.5 Å². The number of amides is 3. The summed E-state index contributed by atoms with van der Waals surface area (Å²) in [6, 6.07) is 13.9. The van der Waals surface area contributed by atoms with Crippen molar-refractivity contribution < 1.29 is 28.3 Å². The molecule has 0 aliphatic heterocycles. The van der Waals surface area contributed by atoms with Crippen molar-refractivity contribution in [3.8, 4) is 11.5 Å². The number of hydrogen-bond donors (Lipinski definition) is 3. The number of carbonyl (C=O) groups is 3. The van der Waals surface area contributed by atoms with E-state index >= 15 is 0 Å². The number of hydrogen-bond acceptors (Lipinski definition) is 7. The summed E-state index contributed by atoms with van der Waals surface area (Å²) in [5.74, 6) is -0.828. The lowest BCUT2D eigenvalue weighted by Gasteiger charge is -2.12. The van der Waals surface area contributed by atoms with Crippen LogP contribution in [0.25, 0.3) is 0 Å². The monoisotopic (exact) mass is 478 g/mol. The van der Waals surface area contributed by atoms with Crippen LogP contribution >= 0.6 is 0 Å². The first-order chi connectivity index (χ1) is 16.9. The summed E-state index contributed by atoms with van der Waals surface area (Å²) < 4.78 is 16.0. The Bertz CT molecular complexity index is 1220. The highest BCUT2D eigenvalue weighted by molar-refractivity contribution is 6.35. The van der Waals surface area contributed by atoms with E-state index in [2.05, 4.69) is 21.2 Å². The first-order valence-electron chi connectivity index (χ1n) is 10.7. The Labute approximate surface area is 202 Å². The van der Waals surface area contributed by atoms with Crippen LogP contribution in [0.4, 0.5) is 5.69 Å². The third-order valence-corrected chi connectivity index (χ3v) is 4.93. The van der Waals surface area contributed by atoms with Crippen LogP contribution in [-0.2, 0) is 20.9 Å². The Morgan fingerprint density at radius 2 is 1.83 bits per heavy atom. The van der Waals surface area contributed by atoms with Crippen molar-refractivity contribution in [1.82, 2.24) is 10.7 Å². The average Bonchev–Trinajstić information content (AvgIpc) is 3.37. The van der Waals surface area contributed by atoms with Crippen molar-refractivity contribution in [1.29, 1.82) is 0 Å². The number of nitrogens with one attached hydrogen (secondary N) is 3. The molecule has 1 aromatic heterocycles. The SMILES string of the molecule is COc1cc(/C=N\NC(=O)C(=O)NCc2ccco2)ccc1OCC(=O)Nc1ccc(C)c(C)c1. The molecule has 0 fully saturated rings. The number of ether oxygens (including phenoxy) is 2. The molecule has 0 aliphatic rings. The van der Waals surface area contributed by atoms with E-state index in [0.717, 1.165) is 11.1 Å². The molecule has 182 valence electrons. The summed E-state index contributed by atoms with van der Waals surface area (Å²) in [5.41, 5.74) is 5.63. The van der Waals surface area contributed by atoms with Gasteiger partial charge in [-0.3, -0.25) is 14.4 Å². The fourth-order valence-corrected chi connectivity index (χ4v) is 2.92. The van der Waals surface area contributed by atoms with Gasteiger partial charge in [0.1, 0.15) is 5.76 Å². The minimum Gasteiger partial charge on any atom is -0.493 e. The van der Waals surface area contributed by atoms with E-state index in [1.165, 1.54) is 19.6 Å². The highest BCUT2D eigenvalue weighted by Crippen LogP contribution is 2.27. The number of anilines is 1. The quantitative estimate of drug-likeness (QED) is 0.246. The molecule has 0 aliphatic carbocycles. The van der Waals surface area contributed by atoms with Gasteiger partial charge in [-0.15, -0.1) is 0 Å². The molecule has 2 aromatic carbocycles.